The van der Waals surface area contributed by atoms with Crippen molar-refractivity contribution in [2.75, 3.05) is 32.2 Å². The highest BCUT2D eigenvalue weighted by Crippen LogP contribution is 2.37. The largest absolute Gasteiger partial charge is 0.490 e. The van der Waals surface area contributed by atoms with E-state index in [1.165, 1.54) is 25.3 Å². The number of aromatic nitrogens is 2. The fraction of sp³-hybridized carbons (Fsp3) is 0.412. The molecule has 0 amide bonds. The third-order valence-electron chi connectivity index (χ3n) is 4.40. The Hall–Kier alpha value is -2.86. The molecule has 1 aliphatic heterocycles. The van der Waals surface area contributed by atoms with Crippen molar-refractivity contribution in [1.29, 1.82) is 0 Å². The molecule has 30 heavy (non-hydrogen) atoms. The summed E-state index contributed by atoms with van der Waals surface area (Å²) in [6.07, 6.45) is -4.09. The Bertz CT molecular complexity index is 931. The Morgan fingerprint density at radius 2 is 2.10 bits per heavy atom. The summed E-state index contributed by atoms with van der Waals surface area (Å²) < 4.78 is 55.6. The first kappa shape index (κ1) is 21.8. The van der Waals surface area contributed by atoms with E-state index in [4.69, 9.17) is 25.8 Å². The summed E-state index contributed by atoms with van der Waals surface area (Å²) in [7, 11) is 1.29. The molecule has 9 nitrogen and oxygen atoms in total. The monoisotopic (exact) mass is 448 g/mol. The number of methoxy groups -OCH3 is 1. The Balaban J connectivity index is 1.76. The predicted octanol–water partition coefficient (Wildman–Crippen LogP) is 3.57. The zero-order valence-electron chi connectivity index (χ0n) is 15.5. The molecular weight excluding hydrogens is 433 g/mol. The van der Waals surface area contributed by atoms with E-state index >= 15 is 0 Å². The average Bonchev–Trinajstić information content (AvgIpc) is 3.11. The maximum absolute atomic E-state index is 13.2. The van der Waals surface area contributed by atoms with Crippen molar-refractivity contribution in [3.8, 4) is 11.5 Å². The summed E-state index contributed by atoms with van der Waals surface area (Å²) in [5.74, 6) is -0.882. The number of nitrogens with one attached hydrogen (secondary N) is 1. The van der Waals surface area contributed by atoms with Gasteiger partial charge in [-0.05, 0) is 23.7 Å². The molecule has 1 N–H and O–H groups in total. The molecule has 1 aromatic heterocycles. The maximum atomic E-state index is 13.2. The maximum Gasteiger partial charge on any atom is 0.421 e. The molecule has 1 saturated heterocycles. The van der Waals surface area contributed by atoms with Crippen molar-refractivity contribution >= 4 is 23.1 Å². The molecule has 0 bridgehead atoms. The number of nitrogens with zero attached hydrogens (tertiary/aromatic N) is 3. The van der Waals surface area contributed by atoms with E-state index in [1.807, 2.05) is 0 Å². The number of hydrogen-bond donors (Lipinski definition) is 1. The van der Waals surface area contributed by atoms with Gasteiger partial charge in [-0.1, -0.05) is 6.07 Å². The number of alkyl halides is 3. The summed E-state index contributed by atoms with van der Waals surface area (Å²) in [6.45, 7) is 0.217. The van der Waals surface area contributed by atoms with Crippen LogP contribution >= 0.6 is 11.6 Å². The van der Waals surface area contributed by atoms with Crippen LogP contribution in [0.1, 0.15) is 5.56 Å². The van der Waals surface area contributed by atoms with Gasteiger partial charge in [0.05, 0.1) is 37.9 Å². The number of ether oxygens (including phenoxy) is 3. The van der Waals surface area contributed by atoms with Crippen LogP contribution in [0, 0.1) is 16.0 Å². The van der Waals surface area contributed by atoms with E-state index < -0.39 is 34.4 Å². The third kappa shape index (κ3) is 4.82. The van der Waals surface area contributed by atoms with Gasteiger partial charge in [-0.15, -0.1) is 0 Å². The highest BCUT2D eigenvalue weighted by atomic mass is 35.5. The number of nitro benzene ring substituents is 1. The van der Waals surface area contributed by atoms with Crippen LogP contribution in [0.5, 0.6) is 11.5 Å². The summed E-state index contributed by atoms with van der Waals surface area (Å²) in [5, 5.41) is 13.7. The van der Waals surface area contributed by atoms with Gasteiger partial charge in [0, 0.05) is 12.1 Å². The molecule has 0 saturated carbocycles. The number of benzene rings is 1. The fourth-order valence-corrected chi connectivity index (χ4v) is 3.07. The minimum absolute atomic E-state index is 0.0222. The predicted molar refractivity (Wildman–Crippen MR) is 98.9 cm³/mol. The van der Waals surface area contributed by atoms with Crippen LogP contribution in [0.2, 0.25) is 5.28 Å². The lowest BCUT2D eigenvalue weighted by molar-refractivity contribution is -0.386. The lowest BCUT2D eigenvalue weighted by Gasteiger charge is -2.22. The molecule has 0 spiro atoms. The van der Waals surface area contributed by atoms with Gasteiger partial charge in [0.2, 0.25) is 16.8 Å². The lowest BCUT2D eigenvalue weighted by Crippen LogP contribution is -2.33. The lowest BCUT2D eigenvalue weighted by atomic mass is 10.0. The van der Waals surface area contributed by atoms with E-state index in [2.05, 4.69) is 15.3 Å². The van der Waals surface area contributed by atoms with Crippen LogP contribution < -0.4 is 14.8 Å². The first-order valence-corrected chi connectivity index (χ1v) is 8.96. The summed E-state index contributed by atoms with van der Waals surface area (Å²) in [5.41, 5.74) is -1.41. The van der Waals surface area contributed by atoms with Gasteiger partial charge in [0.25, 0.3) is 0 Å². The van der Waals surface area contributed by atoms with E-state index in [9.17, 15) is 23.3 Å². The number of halogens is 4. The SMILES string of the molecule is COc1cccc(OCC2COCC2Nc2nc(Cl)ncc2C(F)(F)F)c1[N+](=O)[O-]. The summed E-state index contributed by atoms with van der Waals surface area (Å²) >= 11 is 5.64. The Morgan fingerprint density at radius 1 is 1.37 bits per heavy atom. The van der Waals surface area contributed by atoms with Gasteiger partial charge in [0.15, 0.2) is 0 Å². The number of rotatable bonds is 7. The highest BCUT2D eigenvalue weighted by Gasteiger charge is 2.38. The van der Waals surface area contributed by atoms with Crippen molar-refractivity contribution in [2.45, 2.75) is 12.2 Å². The number of para-hydroxylation sites is 1. The minimum atomic E-state index is -4.68. The number of nitro groups is 1. The van der Waals surface area contributed by atoms with Gasteiger partial charge in [-0.25, -0.2) is 9.97 Å². The molecule has 2 atom stereocenters. The molecule has 2 heterocycles. The zero-order chi connectivity index (χ0) is 21.9. The molecule has 3 rings (SSSR count). The van der Waals surface area contributed by atoms with E-state index in [-0.39, 0.29) is 42.3 Å². The molecule has 2 aromatic rings. The Morgan fingerprint density at radius 3 is 2.77 bits per heavy atom. The van der Waals surface area contributed by atoms with Crippen LogP contribution in [-0.2, 0) is 10.9 Å². The molecule has 162 valence electrons. The van der Waals surface area contributed by atoms with Crippen LogP contribution in [0.4, 0.5) is 24.7 Å². The molecular formula is C17H16ClF3N4O5. The van der Waals surface area contributed by atoms with Crippen molar-refractivity contribution in [1.82, 2.24) is 9.97 Å². The smallest absolute Gasteiger partial charge is 0.421 e. The Kier molecular flexibility index (Phi) is 6.46. The van der Waals surface area contributed by atoms with Gasteiger partial charge in [-0.2, -0.15) is 13.2 Å². The highest BCUT2D eigenvalue weighted by molar-refractivity contribution is 6.28. The second-order valence-corrected chi connectivity index (χ2v) is 6.66. The van der Waals surface area contributed by atoms with Crippen molar-refractivity contribution in [2.24, 2.45) is 5.92 Å². The second kappa shape index (κ2) is 8.88. The van der Waals surface area contributed by atoms with E-state index in [1.54, 1.807) is 0 Å². The van der Waals surface area contributed by atoms with Gasteiger partial charge in [-0.3, -0.25) is 10.1 Å². The summed E-state index contributed by atoms with van der Waals surface area (Å²) in [6, 6.07) is 3.76. The van der Waals surface area contributed by atoms with E-state index in [0.717, 1.165) is 0 Å². The van der Waals surface area contributed by atoms with Crippen molar-refractivity contribution in [3.05, 3.63) is 45.4 Å². The van der Waals surface area contributed by atoms with Crippen LogP contribution in [0.15, 0.2) is 24.4 Å². The van der Waals surface area contributed by atoms with Crippen LogP contribution in [-0.4, -0.2) is 47.9 Å². The third-order valence-corrected chi connectivity index (χ3v) is 4.58. The van der Waals surface area contributed by atoms with Gasteiger partial charge < -0.3 is 19.5 Å². The van der Waals surface area contributed by atoms with Gasteiger partial charge >= 0.3 is 11.9 Å². The molecule has 1 fully saturated rings. The quantitative estimate of drug-likeness (QED) is 0.389. The molecule has 0 radical (unpaired) electrons. The molecule has 13 heteroatoms. The molecule has 2 unspecified atom stereocenters. The molecule has 1 aliphatic rings. The normalized spacial score (nSPS) is 18.8. The topological polar surface area (TPSA) is 109 Å². The first-order valence-electron chi connectivity index (χ1n) is 8.59. The number of anilines is 1. The minimum Gasteiger partial charge on any atom is -0.490 e. The first-order chi connectivity index (χ1) is 14.2. The van der Waals surface area contributed by atoms with Crippen molar-refractivity contribution in [3.63, 3.8) is 0 Å². The standard InChI is InChI=1S/C17H16ClF3N4O5/c1-28-12-3-2-4-13(14(12)25(26)27)30-7-9-6-29-8-11(9)23-15-10(17(19,20)21)5-22-16(18)24-15/h2-5,9,11H,6-8H2,1H3,(H,22,23,24). The average molecular weight is 449 g/mol. The number of hydrogen-bond acceptors (Lipinski definition) is 8. The van der Waals surface area contributed by atoms with E-state index in [0.29, 0.717) is 6.20 Å². The fourth-order valence-electron chi connectivity index (χ4n) is 2.94. The summed E-state index contributed by atoms with van der Waals surface area (Å²) in [4.78, 5) is 17.7. The zero-order valence-corrected chi connectivity index (χ0v) is 16.2. The van der Waals surface area contributed by atoms with Crippen molar-refractivity contribution < 1.29 is 32.3 Å². The Labute approximate surface area is 173 Å². The van der Waals surface area contributed by atoms with Gasteiger partial charge in [0.1, 0.15) is 11.4 Å². The second-order valence-electron chi connectivity index (χ2n) is 6.32. The molecule has 1 aromatic carbocycles. The van der Waals surface area contributed by atoms with Crippen LogP contribution in [0.3, 0.4) is 0 Å². The molecule has 0 aliphatic carbocycles. The van der Waals surface area contributed by atoms with Crippen LogP contribution in [0.25, 0.3) is 0 Å².